The van der Waals surface area contributed by atoms with Gasteiger partial charge in [0, 0.05) is 26.1 Å². The largest absolute Gasteiger partial charge is 0.437 e. The second-order valence-electron chi connectivity index (χ2n) is 7.79. The van der Waals surface area contributed by atoms with Gasteiger partial charge in [0.05, 0.1) is 4.70 Å². The minimum atomic E-state index is -0.150. The Labute approximate surface area is 190 Å². The van der Waals surface area contributed by atoms with Crippen molar-refractivity contribution in [3.05, 3.63) is 66.5 Å². The zero-order valence-electron chi connectivity index (χ0n) is 17.7. The fraction of sp³-hybridized carbons (Fsp3) is 0.250. The first-order valence-electron chi connectivity index (χ1n) is 10.6. The van der Waals surface area contributed by atoms with Crippen LogP contribution in [0.1, 0.15) is 31.2 Å². The number of piperidine rings is 1. The van der Waals surface area contributed by atoms with E-state index < -0.39 is 0 Å². The predicted octanol–water partition coefficient (Wildman–Crippen LogP) is 5.22. The van der Waals surface area contributed by atoms with Crippen molar-refractivity contribution in [2.24, 2.45) is 0 Å². The van der Waals surface area contributed by atoms with E-state index in [0.29, 0.717) is 28.2 Å². The molecule has 0 radical (unpaired) electrons. The molecule has 0 spiro atoms. The lowest BCUT2D eigenvalue weighted by atomic mass is 9.89. The summed E-state index contributed by atoms with van der Waals surface area (Å²) in [4.78, 5) is 26.9. The van der Waals surface area contributed by atoms with Crippen LogP contribution in [0.2, 0.25) is 0 Å². The maximum Gasteiger partial charge on any atom is 0.224 e. The van der Waals surface area contributed by atoms with Crippen LogP contribution >= 0.6 is 11.3 Å². The van der Waals surface area contributed by atoms with E-state index >= 15 is 0 Å². The lowest BCUT2D eigenvalue weighted by molar-refractivity contribution is -0.114. The van der Waals surface area contributed by atoms with Gasteiger partial charge in [0.2, 0.25) is 11.8 Å². The Morgan fingerprint density at radius 3 is 2.69 bits per heavy atom. The fourth-order valence-corrected chi connectivity index (χ4v) is 4.98. The summed E-state index contributed by atoms with van der Waals surface area (Å²) in [5.41, 5.74) is 2.11. The summed E-state index contributed by atoms with van der Waals surface area (Å²) >= 11 is 1.41. The lowest BCUT2D eigenvalue weighted by Gasteiger charge is -2.33. The first-order chi connectivity index (χ1) is 15.7. The number of aromatic nitrogens is 3. The molecular weight excluding hydrogens is 422 g/mol. The number of anilines is 2. The van der Waals surface area contributed by atoms with Crippen LogP contribution in [0.4, 0.5) is 10.9 Å². The first kappa shape index (κ1) is 20.4. The molecule has 0 saturated carbocycles. The van der Waals surface area contributed by atoms with Crippen LogP contribution < -0.4 is 15.0 Å². The highest BCUT2D eigenvalue weighted by atomic mass is 32.1. The Hall–Kier alpha value is -3.52. The predicted molar refractivity (Wildman–Crippen MR) is 127 cm³/mol. The number of carbonyl (C=O) groups is 1. The first-order valence-corrected chi connectivity index (χ1v) is 11.4. The minimum absolute atomic E-state index is 0.150. The van der Waals surface area contributed by atoms with Gasteiger partial charge in [-0.3, -0.25) is 4.79 Å². The number of hydrogen-bond acceptors (Lipinski definition) is 7. The second-order valence-corrected chi connectivity index (χ2v) is 8.82. The molecule has 162 valence electrons. The highest BCUT2D eigenvalue weighted by Gasteiger charge is 2.22. The van der Waals surface area contributed by atoms with Crippen LogP contribution in [0, 0.1) is 0 Å². The molecule has 0 atom stereocenters. The zero-order valence-corrected chi connectivity index (χ0v) is 18.5. The molecule has 1 N–H and O–H groups in total. The minimum Gasteiger partial charge on any atom is -0.437 e. The third-order valence-electron chi connectivity index (χ3n) is 5.60. The number of hydrogen-bond donors (Lipinski definition) is 1. The summed E-state index contributed by atoms with van der Waals surface area (Å²) in [6.07, 6.45) is 3.72. The number of thiazole rings is 1. The average molecular weight is 446 g/mol. The van der Waals surface area contributed by atoms with Gasteiger partial charge in [0.25, 0.3) is 0 Å². The van der Waals surface area contributed by atoms with Crippen molar-refractivity contribution in [2.75, 3.05) is 23.3 Å². The van der Waals surface area contributed by atoms with Crippen molar-refractivity contribution >= 4 is 38.4 Å². The molecule has 5 rings (SSSR count). The monoisotopic (exact) mass is 445 g/mol. The average Bonchev–Trinajstić information content (AvgIpc) is 3.23. The Morgan fingerprint density at radius 2 is 1.91 bits per heavy atom. The number of benzene rings is 2. The van der Waals surface area contributed by atoms with Crippen molar-refractivity contribution < 1.29 is 9.53 Å². The molecule has 8 heteroatoms. The van der Waals surface area contributed by atoms with E-state index in [1.54, 1.807) is 0 Å². The number of ether oxygens (including phenoxy) is 1. The molecule has 1 aliphatic rings. The summed E-state index contributed by atoms with van der Waals surface area (Å²) in [7, 11) is 0. The molecule has 0 unspecified atom stereocenters. The standard InChI is InChI=1S/C24H23N5O2S/c1-16(30)27-24-28-23-19(8-5-9-20(23)32-24)31-22-14-21(25-15-26-22)29-12-10-18(11-13-29)17-6-3-2-4-7-17/h2-9,14-15,18H,10-13H2,1H3,(H,27,28,30). The van der Waals surface area contributed by atoms with E-state index in [2.05, 4.69) is 55.5 Å². The van der Waals surface area contributed by atoms with E-state index in [-0.39, 0.29) is 5.91 Å². The molecule has 1 saturated heterocycles. The smallest absolute Gasteiger partial charge is 0.224 e. The Balaban J connectivity index is 1.31. The van der Waals surface area contributed by atoms with Gasteiger partial charge in [-0.15, -0.1) is 0 Å². The van der Waals surface area contributed by atoms with Crippen LogP contribution in [0.15, 0.2) is 60.9 Å². The van der Waals surface area contributed by atoms with Crippen molar-refractivity contribution in [3.63, 3.8) is 0 Å². The molecule has 32 heavy (non-hydrogen) atoms. The molecule has 0 bridgehead atoms. The number of fused-ring (bicyclic) bond motifs is 1. The van der Waals surface area contributed by atoms with Gasteiger partial charge < -0.3 is 15.0 Å². The molecule has 4 aromatic rings. The topological polar surface area (TPSA) is 80.2 Å². The maximum atomic E-state index is 11.4. The SMILES string of the molecule is CC(=O)Nc1nc2c(Oc3cc(N4CCC(c5ccccc5)CC4)ncn3)cccc2s1. The fourth-order valence-electron chi connectivity index (χ4n) is 4.05. The van der Waals surface area contributed by atoms with Gasteiger partial charge in [-0.25, -0.2) is 15.0 Å². The van der Waals surface area contributed by atoms with Crippen LogP contribution in [-0.2, 0) is 4.79 Å². The van der Waals surface area contributed by atoms with Gasteiger partial charge >= 0.3 is 0 Å². The second kappa shape index (κ2) is 8.92. The van der Waals surface area contributed by atoms with Crippen molar-refractivity contribution in [2.45, 2.75) is 25.7 Å². The van der Waals surface area contributed by atoms with E-state index in [9.17, 15) is 4.79 Å². The van der Waals surface area contributed by atoms with E-state index in [4.69, 9.17) is 4.74 Å². The highest BCUT2D eigenvalue weighted by molar-refractivity contribution is 7.22. The summed E-state index contributed by atoms with van der Waals surface area (Å²) in [5.74, 6) is 2.38. The third-order valence-corrected chi connectivity index (χ3v) is 6.53. The third kappa shape index (κ3) is 4.40. The van der Waals surface area contributed by atoms with Crippen LogP contribution in [0.5, 0.6) is 11.6 Å². The molecule has 1 fully saturated rings. The van der Waals surface area contributed by atoms with Crippen molar-refractivity contribution in [1.29, 1.82) is 0 Å². The van der Waals surface area contributed by atoms with Crippen molar-refractivity contribution in [3.8, 4) is 11.6 Å². The molecule has 0 aliphatic carbocycles. The number of amides is 1. The van der Waals surface area contributed by atoms with Crippen LogP contribution in [-0.4, -0.2) is 33.9 Å². The zero-order chi connectivity index (χ0) is 21.9. The van der Waals surface area contributed by atoms with E-state index in [1.165, 1.54) is 30.2 Å². The molecule has 3 heterocycles. The summed E-state index contributed by atoms with van der Waals surface area (Å²) in [6, 6.07) is 18.3. The molecule has 1 aliphatic heterocycles. The molecule has 2 aromatic heterocycles. The Morgan fingerprint density at radius 1 is 1.09 bits per heavy atom. The number of para-hydroxylation sites is 1. The van der Waals surface area contributed by atoms with Crippen LogP contribution in [0.3, 0.4) is 0 Å². The number of rotatable bonds is 5. The number of nitrogens with one attached hydrogen (secondary N) is 1. The number of nitrogens with zero attached hydrogens (tertiary/aromatic N) is 4. The normalized spacial score (nSPS) is 14.5. The molecule has 1 amide bonds. The highest BCUT2D eigenvalue weighted by Crippen LogP contribution is 2.35. The Bertz CT molecular complexity index is 1240. The molecule has 7 nitrogen and oxygen atoms in total. The summed E-state index contributed by atoms with van der Waals surface area (Å²) < 4.78 is 7.02. The lowest BCUT2D eigenvalue weighted by Crippen LogP contribution is -2.33. The van der Waals surface area contributed by atoms with Gasteiger partial charge in [0.1, 0.15) is 17.7 Å². The van der Waals surface area contributed by atoms with Crippen LogP contribution in [0.25, 0.3) is 10.2 Å². The van der Waals surface area contributed by atoms with Gasteiger partial charge in [-0.05, 0) is 36.5 Å². The molecular formula is C24H23N5O2S. The summed E-state index contributed by atoms with van der Waals surface area (Å²) in [6.45, 7) is 3.35. The Kier molecular flexibility index (Phi) is 5.68. The number of carbonyl (C=O) groups excluding carboxylic acids is 1. The maximum absolute atomic E-state index is 11.4. The van der Waals surface area contributed by atoms with E-state index in [1.807, 2.05) is 24.3 Å². The quantitative estimate of drug-likeness (QED) is 0.454. The van der Waals surface area contributed by atoms with E-state index in [0.717, 1.165) is 36.4 Å². The van der Waals surface area contributed by atoms with Crippen molar-refractivity contribution in [1.82, 2.24) is 15.0 Å². The summed E-state index contributed by atoms with van der Waals surface area (Å²) in [5, 5.41) is 3.28. The van der Waals surface area contributed by atoms with Gasteiger partial charge in [0.15, 0.2) is 10.9 Å². The van der Waals surface area contributed by atoms with Gasteiger partial charge in [-0.1, -0.05) is 47.7 Å². The van der Waals surface area contributed by atoms with Gasteiger partial charge in [-0.2, -0.15) is 0 Å². The molecule has 2 aromatic carbocycles.